The molecule has 1 aliphatic heterocycles. The second kappa shape index (κ2) is 6.84. The van der Waals surface area contributed by atoms with Crippen molar-refractivity contribution >= 4 is 11.4 Å². The minimum Gasteiger partial charge on any atom is -0.265 e. The molecular formula is C24H23N3. The zero-order valence-electron chi connectivity index (χ0n) is 15.8. The van der Waals surface area contributed by atoms with Gasteiger partial charge in [-0.2, -0.15) is 5.10 Å². The van der Waals surface area contributed by atoms with Crippen molar-refractivity contribution in [3.8, 4) is 11.1 Å². The van der Waals surface area contributed by atoms with Gasteiger partial charge >= 0.3 is 0 Å². The first kappa shape index (κ1) is 17.2. The predicted octanol–water partition coefficient (Wildman–Crippen LogP) is 5.61. The van der Waals surface area contributed by atoms with E-state index in [-0.39, 0.29) is 5.54 Å². The lowest BCUT2D eigenvalue weighted by Crippen LogP contribution is -2.34. The van der Waals surface area contributed by atoms with E-state index in [1.54, 1.807) is 12.4 Å². The summed E-state index contributed by atoms with van der Waals surface area (Å²) in [6.45, 7) is 8.68. The first-order valence-electron chi connectivity index (χ1n) is 9.17. The molecule has 0 atom stereocenters. The number of pyridine rings is 1. The number of benzene rings is 2. The van der Waals surface area contributed by atoms with Gasteiger partial charge in [0.1, 0.15) is 0 Å². The number of rotatable bonds is 4. The largest absolute Gasteiger partial charge is 0.265 e. The molecule has 2 aromatic carbocycles. The Morgan fingerprint density at radius 2 is 1.44 bits per heavy atom. The third kappa shape index (κ3) is 3.41. The highest BCUT2D eigenvalue weighted by atomic mass is 15.5. The van der Waals surface area contributed by atoms with Gasteiger partial charge in [-0.1, -0.05) is 61.2 Å². The van der Waals surface area contributed by atoms with E-state index < -0.39 is 0 Å². The van der Waals surface area contributed by atoms with Crippen molar-refractivity contribution in [2.75, 3.05) is 0 Å². The number of hydrogen-bond donors (Lipinski definition) is 0. The van der Waals surface area contributed by atoms with E-state index in [9.17, 15) is 0 Å². The van der Waals surface area contributed by atoms with Crippen LogP contribution in [0, 0.1) is 0 Å². The van der Waals surface area contributed by atoms with Crippen LogP contribution < -0.4 is 0 Å². The van der Waals surface area contributed by atoms with Crippen LogP contribution in [0.1, 0.15) is 31.4 Å². The van der Waals surface area contributed by atoms with Gasteiger partial charge in [-0.05, 0) is 42.7 Å². The Morgan fingerprint density at radius 3 is 2.11 bits per heavy atom. The van der Waals surface area contributed by atoms with E-state index in [0.29, 0.717) is 0 Å². The maximum Gasteiger partial charge on any atom is 0.0706 e. The summed E-state index contributed by atoms with van der Waals surface area (Å²) < 4.78 is 0. The van der Waals surface area contributed by atoms with Crippen LogP contribution in [-0.2, 0) is 0 Å². The van der Waals surface area contributed by atoms with Gasteiger partial charge in [0, 0.05) is 24.4 Å². The van der Waals surface area contributed by atoms with Crippen LogP contribution in [0.3, 0.4) is 0 Å². The lowest BCUT2D eigenvalue weighted by molar-refractivity contribution is 0.242. The number of aromatic nitrogens is 1. The van der Waals surface area contributed by atoms with E-state index in [1.807, 2.05) is 23.2 Å². The highest BCUT2D eigenvalue weighted by Crippen LogP contribution is 2.35. The molecule has 0 fully saturated rings. The molecule has 134 valence electrons. The molecule has 0 saturated carbocycles. The SMILES string of the molecule is C=C(c1ccncc1)N1N=C(c2ccc(-c3ccccc3)cc2)CC1(C)C. The van der Waals surface area contributed by atoms with Crippen molar-refractivity contribution in [3.05, 3.63) is 96.8 Å². The van der Waals surface area contributed by atoms with Crippen molar-refractivity contribution in [2.24, 2.45) is 5.10 Å². The summed E-state index contributed by atoms with van der Waals surface area (Å²) in [6.07, 6.45) is 4.45. The van der Waals surface area contributed by atoms with E-state index in [4.69, 9.17) is 5.10 Å². The Balaban J connectivity index is 1.61. The molecule has 0 aliphatic carbocycles. The molecule has 4 rings (SSSR count). The smallest absolute Gasteiger partial charge is 0.0706 e. The van der Waals surface area contributed by atoms with E-state index in [2.05, 4.69) is 73.9 Å². The Morgan fingerprint density at radius 1 is 0.852 bits per heavy atom. The van der Waals surface area contributed by atoms with E-state index in [0.717, 1.165) is 29.0 Å². The van der Waals surface area contributed by atoms with Crippen molar-refractivity contribution in [3.63, 3.8) is 0 Å². The highest BCUT2D eigenvalue weighted by Gasteiger charge is 2.36. The molecule has 1 aromatic heterocycles. The van der Waals surface area contributed by atoms with Gasteiger partial charge in [0.25, 0.3) is 0 Å². The van der Waals surface area contributed by atoms with Crippen LogP contribution in [0.25, 0.3) is 16.8 Å². The molecule has 0 bridgehead atoms. The van der Waals surface area contributed by atoms with Crippen LogP contribution in [0.5, 0.6) is 0 Å². The van der Waals surface area contributed by atoms with Gasteiger partial charge in [0.2, 0.25) is 0 Å². The molecule has 3 nitrogen and oxygen atoms in total. The van der Waals surface area contributed by atoms with Gasteiger partial charge in [-0.25, -0.2) is 0 Å². The molecule has 3 heteroatoms. The zero-order chi connectivity index (χ0) is 18.9. The molecule has 0 unspecified atom stereocenters. The first-order valence-corrected chi connectivity index (χ1v) is 9.17. The molecule has 2 heterocycles. The van der Waals surface area contributed by atoms with Crippen LogP contribution in [-0.4, -0.2) is 21.2 Å². The monoisotopic (exact) mass is 353 g/mol. The molecule has 27 heavy (non-hydrogen) atoms. The molecule has 0 spiro atoms. The average molecular weight is 353 g/mol. The molecule has 0 saturated heterocycles. The third-order valence-electron chi connectivity index (χ3n) is 4.99. The Hall–Kier alpha value is -3.20. The summed E-state index contributed by atoms with van der Waals surface area (Å²) in [7, 11) is 0. The van der Waals surface area contributed by atoms with Crippen LogP contribution in [0.2, 0.25) is 0 Å². The van der Waals surface area contributed by atoms with Crippen molar-refractivity contribution in [1.29, 1.82) is 0 Å². The number of hydrazone groups is 1. The number of nitrogens with zero attached hydrogens (tertiary/aromatic N) is 3. The fourth-order valence-corrected chi connectivity index (χ4v) is 3.51. The van der Waals surface area contributed by atoms with Gasteiger partial charge in [0.15, 0.2) is 0 Å². The topological polar surface area (TPSA) is 28.5 Å². The quantitative estimate of drug-likeness (QED) is 0.610. The normalized spacial score (nSPS) is 15.5. The molecule has 3 aromatic rings. The van der Waals surface area contributed by atoms with Gasteiger partial charge in [-0.3, -0.25) is 9.99 Å². The Kier molecular flexibility index (Phi) is 4.36. The lowest BCUT2D eigenvalue weighted by Gasteiger charge is -2.31. The number of hydrogen-bond acceptors (Lipinski definition) is 3. The summed E-state index contributed by atoms with van der Waals surface area (Å²) in [5.41, 5.74) is 6.53. The maximum atomic E-state index is 4.92. The first-order chi connectivity index (χ1) is 13.0. The molecule has 0 amide bonds. The molecule has 1 aliphatic rings. The van der Waals surface area contributed by atoms with Gasteiger partial charge in [0.05, 0.1) is 16.9 Å². The summed E-state index contributed by atoms with van der Waals surface area (Å²) >= 11 is 0. The summed E-state index contributed by atoms with van der Waals surface area (Å²) in [5, 5.41) is 6.96. The van der Waals surface area contributed by atoms with E-state index >= 15 is 0 Å². The third-order valence-corrected chi connectivity index (χ3v) is 4.99. The highest BCUT2D eigenvalue weighted by molar-refractivity contribution is 6.03. The van der Waals surface area contributed by atoms with Crippen molar-refractivity contribution < 1.29 is 0 Å². The van der Waals surface area contributed by atoms with Crippen molar-refractivity contribution in [1.82, 2.24) is 9.99 Å². The van der Waals surface area contributed by atoms with Crippen LogP contribution in [0.15, 0.2) is 90.8 Å². The Labute approximate surface area is 160 Å². The lowest BCUT2D eigenvalue weighted by atomic mass is 9.93. The molecular weight excluding hydrogens is 330 g/mol. The molecule has 0 N–H and O–H groups in total. The average Bonchev–Trinajstić information content (AvgIpc) is 3.04. The minimum atomic E-state index is -0.117. The molecule has 0 radical (unpaired) electrons. The summed E-state index contributed by atoms with van der Waals surface area (Å²) in [4.78, 5) is 4.09. The van der Waals surface area contributed by atoms with Gasteiger partial charge in [-0.15, -0.1) is 0 Å². The minimum absolute atomic E-state index is 0.117. The maximum absolute atomic E-state index is 4.92. The van der Waals surface area contributed by atoms with Crippen LogP contribution >= 0.6 is 0 Å². The second-order valence-electron chi connectivity index (χ2n) is 7.47. The van der Waals surface area contributed by atoms with Crippen LogP contribution in [0.4, 0.5) is 0 Å². The van der Waals surface area contributed by atoms with Crippen molar-refractivity contribution in [2.45, 2.75) is 25.8 Å². The van der Waals surface area contributed by atoms with Gasteiger partial charge < -0.3 is 0 Å². The fraction of sp³-hybridized carbons (Fsp3) is 0.167. The summed E-state index contributed by atoms with van der Waals surface area (Å²) in [5.74, 6) is 0. The standard InChI is InChI=1S/C24H23N3/c1-18(19-13-15-25-16-14-19)27-24(2,3)17-23(26-27)22-11-9-21(10-12-22)20-7-5-4-6-8-20/h4-16H,1,17H2,2-3H3. The zero-order valence-corrected chi connectivity index (χ0v) is 15.8. The fourth-order valence-electron chi connectivity index (χ4n) is 3.51. The Bertz CT molecular complexity index is 971. The second-order valence-corrected chi connectivity index (χ2v) is 7.47. The summed E-state index contributed by atoms with van der Waals surface area (Å²) in [6, 6.07) is 23.0. The van der Waals surface area contributed by atoms with E-state index in [1.165, 1.54) is 11.1 Å². The predicted molar refractivity (Wildman–Crippen MR) is 112 cm³/mol.